The minimum Gasteiger partial charge on any atom is -0.302 e. The van der Waals surface area contributed by atoms with Gasteiger partial charge in [0.05, 0.1) is 11.4 Å². The molecule has 90 valence electrons. The van der Waals surface area contributed by atoms with Gasteiger partial charge in [0.25, 0.3) is 0 Å². The number of imidazole rings is 1. The highest BCUT2D eigenvalue weighted by molar-refractivity contribution is 9.10. The second-order valence-electron chi connectivity index (χ2n) is 4.70. The molecule has 3 aromatic rings. The molecule has 0 bridgehead atoms. The van der Waals surface area contributed by atoms with E-state index < -0.39 is 0 Å². The van der Waals surface area contributed by atoms with Crippen molar-refractivity contribution in [3.05, 3.63) is 44.3 Å². The smallest absolute Gasteiger partial charge is 0.140 e. The molecule has 0 spiro atoms. The van der Waals surface area contributed by atoms with Crippen LogP contribution < -0.4 is 0 Å². The summed E-state index contributed by atoms with van der Waals surface area (Å²) in [4.78, 5) is 6.33. The fourth-order valence-electron chi connectivity index (χ4n) is 2.75. The molecule has 0 unspecified atom stereocenters. The van der Waals surface area contributed by atoms with Gasteiger partial charge >= 0.3 is 0 Å². The first-order valence-corrected chi connectivity index (χ1v) is 7.65. The van der Waals surface area contributed by atoms with E-state index in [1.54, 1.807) is 0 Å². The molecule has 0 saturated carbocycles. The van der Waals surface area contributed by atoms with Crippen LogP contribution in [0.25, 0.3) is 16.9 Å². The molecule has 3 heterocycles. The summed E-state index contributed by atoms with van der Waals surface area (Å²) in [6.07, 6.45) is 4.35. The molecule has 3 aromatic heterocycles. The van der Waals surface area contributed by atoms with Crippen molar-refractivity contribution in [1.29, 1.82) is 0 Å². The number of halogens is 1. The summed E-state index contributed by atoms with van der Waals surface area (Å²) < 4.78 is 3.36. The average molecular weight is 319 g/mol. The normalized spacial score (nSPS) is 13.7. The summed E-state index contributed by atoms with van der Waals surface area (Å²) in [7, 11) is 0. The van der Waals surface area contributed by atoms with Gasteiger partial charge in [0.1, 0.15) is 5.65 Å². The number of nitrogens with zero attached hydrogens (tertiary/aromatic N) is 2. The van der Waals surface area contributed by atoms with Crippen LogP contribution in [0.2, 0.25) is 0 Å². The molecule has 0 aliphatic heterocycles. The molecule has 4 heteroatoms. The molecule has 0 atom stereocenters. The number of aryl methyl sites for hydroxylation is 3. The lowest BCUT2D eigenvalue weighted by molar-refractivity contribution is 0.892. The van der Waals surface area contributed by atoms with Gasteiger partial charge in [-0.3, -0.25) is 0 Å². The molecule has 0 N–H and O–H groups in total. The van der Waals surface area contributed by atoms with Crippen LogP contribution in [-0.4, -0.2) is 9.38 Å². The molecule has 4 rings (SSSR count). The van der Waals surface area contributed by atoms with E-state index in [4.69, 9.17) is 4.98 Å². The third kappa shape index (κ3) is 1.36. The Bertz CT molecular complexity index is 770. The maximum Gasteiger partial charge on any atom is 0.140 e. The standard InChI is InChI=1S/C14H11BrN2S/c1-8-6-9(15)7-17-11-2-3-12-10(4-5-18-12)13(11)16-14(8)17/h4-7H,2-3H2,1H3. The van der Waals surface area contributed by atoms with Crippen LogP contribution in [0.5, 0.6) is 0 Å². The Morgan fingerprint density at radius 2 is 2.28 bits per heavy atom. The number of rotatable bonds is 0. The van der Waals surface area contributed by atoms with Crippen LogP contribution in [0.3, 0.4) is 0 Å². The Hall–Kier alpha value is -1.13. The second kappa shape index (κ2) is 3.68. The lowest BCUT2D eigenvalue weighted by Gasteiger charge is -2.11. The highest BCUT2D eigenvalue weighted by Gasteiger charge is 2.22. The van der Waals surface area contributed by atoms with Crippen molar-refractivity contribution in [2.75, 3.05) is 0 Å². The van der Waals surface area contributed by atoms with Gasteiger partial charge in [-0.25, -0.2) is 4.98 Å². The van der Waals surface area contributed by atoms with Crippen molar-refractivity contribution in [3.8, 4) is 11.3 Å². The van der Waals surface area contributed by atoms with Crippen LogP contribution >= 0.6 is 27.3 Å². The van der Waals surface area contributed by atoms with Crippen molar-refractivity contribution in [2.24, 2.45) is 0 Å². The lowest BCUT2D eigenvalue weighted by atomic mass is 10.0. The van der Waals surface area contributed by atoms with Crippen molar-refractivity contribution in [2.45, 2.75) is 19.8 Å². The summed E-state index contributed by atoms with van der Waals surface area (Å²) in [5.41, 5.74) is 6.16. The predicted octanol–water partition coefficient (Wildman–Crippen LogP) is 4.23. The van der Waals surface area contributed by atoms with E-state index in [1.807, 2.05) is 11.3 Å². The van der Waals surface area contributed by atoms with Crippen molar-refractivity contribution >= 4 is 32.9 Å². The van der Waals surface area contributed by atoms with E-state index in [9.17, 15) is 0 Å². The zero-order valence-corrected chi connectivity index (χ0v) is 12.3. The summed E-state index contributed by atoms with van der Waals surface area (Å²) in [5, 5.41) is 2.17. The van der Waals surface area contributed by atoms with Gasteiger partial charge in [0.15, 0.2) is 0 Å². The van der Waals surface area contributed by atoms with Gasteiger partial charge in [-0.2, -0.15) is 0 Å². The molecule has 18 heavy (non-hydrogen) atoms. The maximum atomic E-state index is 4.86. The third-order valence-electron chi connectivity index (χ3n) is 3.56. The largest absolute Gasteiger partial charge is 0.302 e. The first-order chi connectivity index (χ1) is 8.74. The Morgan fingerprint density at radius 3 is 3.17 bits per heavy atom. The SMILES string of the molecule is Cc1cc(Br)cn2c3c(nc12)-c1ccsc1CC3. The van der Waals surface area contributed by atoms with E-state index in [1.165, 1.54) is 27.4 Å². The van der Waals surface area contributed by atoms with Crippen LogP contribution in [0, 0.1) is 6.92 Å². The monoisotopic (exact) mass is 318 g/mol. The van der Waals surface area contributed by atoms with E-state index in [0.29, 0.717) is 0 Å². The zero-order chi connectivity index (χ0) is 12.3. The zero-order valence-electron chi connectivity index (χ0n) is 9.90. The molecular formula is C14H11BrN2S. The first kappa shape index (κ1) is 10.8. The Labute approximate surface area is 117 Å². The van der Waals surface area contributed by atoms with E-state index in [-0.39, 0.29) is 0 Å². The number of hydrogen-bond acceptors (Lipinski definition) is 2. The fourth-order valence-corrected chi connectivity index (χ4v) is 4.18. The minimum atomic E-state index is 1.08. The van der Waals surface area contributed by atoms with Gasteiger partial charge in [0.2, 0.25) is 0 Å². The van der Waals surface area contributed by atoms with Gasteiger partial charge < -0.3 is 4.40 Å². The summed E-state index contributed by atoms with van der Waals surface area (Å²) >= 11 is 5.42. The van der Waals surface area contributed by atoms with E-state index >= 15 is 0 Å². The Balaban J connectivity index is 2.13. The number of aromatic nitrogens is 2. The quantitative estimate of drug-likeness (QED) is 0.606. The van der Waals surface area contributed by atoms with Crippen molar-refractivity contribution in [1.82, 2.24) is 9.38 Å². The predicted molar refractivity (Wildman–Crippen MR) is 78.4 cm³/mol. The number of hydrogen-bond donors (Lipinski definition) is 0. The van der Waals surface area contributed by atoms with Crippen LogP contribution in [0.1, 0.15) is 16.1 Å². The van der Waals surface area contributed by atoms with Gasteiger partial charge in [-0.1, -0.05) is 0 Å². The number of pyridine rings is 1. The van der Waals surface area contributed by atoms with Gasteiger partial charge in [-0.05, 0) is 58.8 Å². The highest BCUT2D eigenvalue weighted by Crippen LogP contribution is 2.37. The van der Waals surface area contributed by atoms with Crippen molar-refractivity contribution < 1.29 is 0 Å². The minimum absolute atomic E-state index is 1.08. The topological polar surface area (TPSA) is 17.3 Å². The second-order valence-corrected chi connectivity index (χ2v) is 6.62. The average Bonchev–Trinajstić information content (AvgIpc) is 2.91. The van der Waals surface area contributed by atoms with E-state index in [0.717, 1.165) is 23.0 Å². The number of thiophene rings is 1. The molecule has 2 nitrogen and oxygen atoms in total. The summed E-state index contributed by atoms with van der Waals surface area (Å²) in [5.74, 6) is 0. The Kier molecular flexibility index (Phi) is 2.20. The third-order valence-corrected chi connectivity index (χ3v) is 4.97. The molecule has 0 aromatic carbocycles. The molecule has 0 radical (unpaired) electrons. The molecule has 1 aliphatic carbocycles. The molecular weight excluding hydrogens is 308 g/mol. The number of fused-ring (bicyclic) bond motifs is 5. The Morgan fingerprint density at radius 1 is 1.39 bits per heavy atom. The van der Waals surface area contributed by atoms with E-state index in [2.05, 4.69) is 51.0 Å². The van der Waals surface area contributed by atoms with Crippen LogP contribution in [-0.2, 0) is 12.8 Å². The first-order valence-electron chi connectivity index (χ1n) is 5.98. The molecule has 0 amide bonds. The lowest BCUT2D eigenvalue weighted by Crippen LogP contribution is -2.03. The molecule has 0 fully saturated rings. The van der Waals surface area contributed by atoms with Crippen LogP contribution in [0.4, 0.5) is 0 Å². The summed E-state index contributed by atoms with van der Waals surface area (Å²) in [6, 6.07) is 4.33. The molecule has 1 aliphatic rings. The maximum absolute atomic E-state index is 4.86. The van der Waals surface area contributed by atoms with Gasteiger partial charge in [0, 0.05) is 21.1 Å². The van der Waals surface area contributed by atoms with Crippen molar-refractivity contribution in [3.63, 3.8) is 0 Å². The van der Waals surface area contributed by atoms with Gasteiger partial charge in [-0.15, -0.1) is 11.3 Å². The fraction of sp³-hybridized carbons (Fsp3) is 0.214. The summed E-state index contributed by atoms with van der Waals surface area (Å²) in [6.45, 7) is 2.12. The highest BCUT2D eigenvalue weighted by atomic mass is 79.9. The van der Waals surface area contributed by atoms with Crippen LogP contribution in [0.15, 0.2) is 28.2 Å². The molecule has 0 saturated heterocycles.